The zero-order valence-electron chi connectivity index (χ0n) is 31.2. The van der Waals surface area contributed by atoms with Crippen LogP contribution < -0.4 is 43.4 Å². The number of carbonyl (C=O) groups excluding carboxylic acids is 8. The summed E-state index contributed by atoms with van der Waals surface area (Å²) in [5, 5.41) is 33.3. The smallest absolute Gasteiger partial charge is 0.305 e. The van der Waals surface area contributed by atoms with E-state index in [1.54, 1.807) is 60.8 Å². The lowest BCUT2D eigenvalue weighted by Crippen LogP contribution is -2.60. The van der Waals surface area contributed by atoms with Gasteiger partial charge in [-0.25, -0.2) is 0 Å². The maximum absolute atomic E-state index is 14.1. The summed E-state index contributed by atoms with van der Waals surface area (Å²) in [6.07, 6.45) is -1.58. The van der Waals surface area contributed by atoms with Gasteiger partial charge in [0.25, 0.3) is 0 Å². The third-order valence-corrected chi connectivity index (χ3v) is 8.48. The molecular formula is C37H45N9O12. The summed E-state index contributed by atoms with van der Waals surface area (Å²) in [5.41, 5.74) is 12.4. The van der Waals surface area contributed by atoms with Crippen molar-refractivity contribution in [2.75, 3.05) is 6.54 Å². The summed E-state index contributed by atoms with van der Waals surface area (Å²) in [7, 11) is 0. The van der Waals surface area contributed by atoms with Gasteiger partial charge >= 0.3 is 11.9 Å². The van der Waals surface area contributed by atoms with Crippen molar-refractivity contribution in [2.24, 2.45) is 11.5 Å². The number of aromatic nitrogens is 1. The van der Waals surface area contributed by atoms with Gasteiger partial charge in [0.15, 0.2) is 0 Å². The zero-order valence-corrected chi connectivity index (χ0v) is 31.2. The molecule has 0 unspecified atom stereocenters. The van der Waals surface area contributed by atoms with E-state index in [4.69, 9.17) is 11.5 Å². The molecule has 0 radical (unpaired) electrons. The minimum absolute atomic E-state index is 0.0475. The normalized spacial score (nSPS) is 13.3. The first-order valence-electron chi connectivity index (χ1n) is 17.8. The van der Waals surface area contributed by atoms with Crippen LogP contribution in [0.2, 0.25) is 0 Å². The average Bonchev–Trinajstić information content (AvgIpc) is 3.56. The highest BCUT2D eigenvalue weighted by molar-refractivity contribution is 5.98. The van der Waals surface area contributed by atoms with Crippen molar-refractivity contribution in [1.82, 2.24) is 36.9 Å². The molecule has 21 nitrogen and oxygen atoms in total. The molecule has 21 heteroatoms. The Hall–Kier alpha value is -7.32. The summed E-state index contributed by atoms with van der Waals surface area (Å²) in [4.78, 5) is 129. The fourth-order valence-electron chi connectivity index (χ4n) is 5.74. The summed E-state index contributed by atoms with van der Waals surface area (Å²) < 4.78 is 0. The summed E-state index contributed by atoms with van der Waals surface area (Å²) in [6.45, 7) is 0.466. The number of hydrogen-bond acceptors (Lipinski definition) is 10. The van der Waals surface area contributed by atoms with Crippen LogP contribution in [0, 0.1) is 0 Å². The molecule has 1 heterocycles. The van der Waals surface area contributed by atoms with Gasteiger partial charge < -0.3 is 58.6 Å². The first kappa shape index (κ1) is 45.1. The number of carboxylic acid groups (broad SMARTS) is 2. The number of para-hydroxylation sites is 1. The van der Waals surface area contributed by atoms with E-state index in [1.807, 2.05) is 0 Å². The lowest BCUT2D eigenvalue weighted by molar-refractivity contribution is -0.143. The van der Waals surface area contributed by atoms with Gasteiger partial charge in [0, 0.05) is 43.3 Å². The van der Waals surface area contributed by atoms with Gasteiger partial charge in [-0.15, -0.1) is 0 Å². The Labute approximate surface area is 330 Å². The number of fused-ring (bicyclic) bond motifs is 1. The minimum atomic E-state index is -1.93. The van der Waals surface area contributed by atoms with E-state index in [-0.39, 0.29) is 12.8 Å². The van der Waals surface area contributed by atoms with Crippen LogP contribution in [0.25, 0.3) is 10.9 Å². The molecule has 0 aliphatic rings. The number of primary amides is 2. The number of rotatable bonds is 23. The van der Waals surface area contributed by atoms with Crippen molar-refractivity contribution in [1.29, 1.82) is 0 Å². The van der Waals surface area contributed by atoms with Gasteiger partial charge in [0.2, 0.25) is 47.3 Å². The van der Waals surface area contributed by atoms with Gasteiger partial charge in [-0.05, 0) is 23.6 Å². The fourth-order valence-corrected chi connectivity index (χ4v) is 5.74. The van der Waals surface area contributed by atoms with E-state index in [2.05, 4.69) is 36.9 Å². The largest absolute Gasteiger partial charge is 0.481 e. The molecular weight excluding hydrogens is 762 g/mol. The first-order chi connectivity index (χ1) is 27.4. The number of H-pyrrole nitrogens is 1. The number of benzene rings is 2. The Bertz CT molecular complexity index is 2000. The molecule has 5 atom stereocenters. The van der Waals surface area contributed by atoms with Gasteiger partial charge in [-0.2, -0.15) is 0 Å². The predicted molar refractivity (Wildman–Crippen MR) is 203 cm³/mol. The Morgan fingerprint density at radius 3 is 1.67 bits per heavy atom. The van der Waals surface area contributed by atoms with E-state index in [0.29, 0.717) is 22.0 Å². The van der Waals surface area contributed by atoms with Crippen molar-refractivity contribution in [2.45, 2.75) is 75.7 Å². The minimum Gasteiger partial charge on any atom is -0.481 e. The molecule has 0 saturated heterocycles. The average molecular weight is 808 g/mol. The number of carbonyl (C=O) groups is 10. The summed E-state index contributed by atoms with van der Waals surface area (Å²) >= 11 is 0. The molecule has 0 spiro atoms. The van der Waals surface area contributed by atoms with Crippen LogP contribution in [-0.2, 0) is 60.8 Å². The standard InChI is InChI=1S/C37H45N9O12/c1-19(47)42-27(15-31(50)51)36(57)46-28(16-32(52)53)37(58)43-24(11-12-29(38)48)34(55)45-26(14-21-17-40-23-10-6-5-9-22(21)23)35(56)44-25(33(54)41-18-30(39)49)13-20-7-3-2-4-8-20/h2-10,17,24-28,40H,11-16,18H2,1H3,(H2,38,48)(H2,39,49)(H,41,54)(H,42,47)(H,43,58)(H,44,56)(H,45,55)(H,46,57)(H,50,51)(H,52,53)/t24-,25-,26-,27-,28-/m0/s1. The maximum Gasteiger partial charge on any atom is 0.305 e. The Balaban J connectivity index is 1.96. The Morgan fingerprint density at radius 1 is 0.603 bits per heavy atom. The lowest BCUT2D eigenvalue weighted by Gasteiger charge is -2.27. The molecule has 2 aromatic carbocycles. The van der Waals surface area contributed by atoms with Gasteiger partial charge in [-0.1, -0.05) is 48.5 Å². The van der Waals surface area contributed by atoms with Gasteiger partial charge in [-0.3, -0.25) is 47.9 Å². The van der Waals surface area contributed by atoms with Crippen LogP contribution in [0.1, 0.15) is 43.7 Å². The maximum atomic E-state index is 14.1. The van der Waals surface area contributed by atoms with Crippen LogP contribution in [0.4, 0.5) is 0 Å². The van der Waals surface area contributed by atoms with Crippen LogP contribution in [0.15, 0.2) is 60.8 Å². The molecule has 58 heavy (non-hydrogen) atoms. The SMILES string of the molecule is CC(=O)N[C@@H](CC(=O)O)C(=O)N[C@@H](CC(=O)O)C(=O)N[C@@H](CCC(N)=O)C(=O)N[C@@H](Cc1c[nH]c2ccccc12)C(=O)N[C@@H](Cc1ccccc1)C(=O)NCC(N)=O. The van der Waals surface area contributed by atoms with Crippen LogP contribution in [0.3, 0.4) is 0 Å². The number of amides is 8. The molecule has 3 aromatic rings. The Morgan fingerprint density at radius 2 is 1.10 bits per heavy atom. The molecule has 0 fully saturated rings. The highest BCUT2D eigenvalue weighted by atomic mass is 16.4. The topological polar surface area (TPSA) is 351 Å². The highest BCUT2D eigenvalue weighted by Gasteiger charge is 2.34. The zero-order chi connectivity index (χ0) is 42.9. The van der Waals surface area contributed by atoms with E-state index in [1.165, 1.54) is 0 Å². The molecule has 1 aromatic heterocycles. The van der Waals surface area contributed by atoms with Crippen molar-refractivity contribution in [3.63, 3.8) is 0 Å². The number of nitrogens with two attached hydrogens (primary N) is 2. The van der Waals surface area contributed by atoms with E-state index < -0.39 is 122 Å². The first-order valence-corrected chi connectivity index (χ1v) is 17.8. The van der Waals surface area contributed by atoms with Crippen molar-refractivity contribution in [3.05, 3.63) is 71.9 Å². The Kier molecular flexibility index (Phi) is 16.9. The quantitative estimate of drug-likeness (QED) is 0.0463. The van der Waals surface area contributed by atoms with Crippen molar-refractivity contribution >= 4 is 70.1 Å². The number of aliphatic carboxylic acids is 2. The monoisotopic (exact) mass is 807 g/mol. The summed E-state index contributed by atoms with van der Waals surface area (Å²) in [5.74, 6) is -10.8. The molecule has 13 N–H and O–H groups in total. The molecule has 0 bridgehead atoms. The second kappa shape index (κ2) is 21.7. The predicted octanol–water partition coefficient (Wildman–Crippen LogP) is -2.79. The third kappa shape index (κ3) is 14.7. The molecule has 8 amide bonds. The molecule has 0 saturated carbocycles. The molecule has 310 valence electrons. The lowest BCUT2D eigenvalue weighted by atomic mass is 10.0. The van der Waals surface area contributed by atoms with Crippen LogP contribution >= 0.6 is 0 Å². The number of carboxylic acids is 2. The van der Waals surface area contributed by atoms with Gasteiger partial charge in [0.05, 0.1) is 19.4 Å². The molecule has 3 rings (SSSR count). The third-order valence-electron chi connectivity index (χ3n) is 8.48. The van der Waals surface area contributed by atoms with E-state index in [9.17, 15) is 58.2 Å². The second-order valence-corrected chi connectivity index (χ2v) is 13.1. The van der Waals surface area contributed by atoms with E-state index in [0.717, 1.165) is 6.92 Å². The van der Waals surface area contributed by atoms with Crippen molar-refractivity contribution < 1.29 is 58.2 Å². The summed E-state index contributed by atoms with van der Waals surface area (Å²) in [6, 6.07) is 7.51. The fraction of sp³-hybridized carbons (Fsp3) is 0.351. The van der Waals surface area contributed by atoms with E-state index >= 15 is 0 Å². The second-order valence-electron chi connectivity index (χ2n) is 13.1. The van der Waals surface area contributed by atoms with Crippen molar-refractivity contribution in [3.8, 4) is 0 Å². The molecule has 0 aliphatic carbocycles. The number of hydrogen-bond donors (Lipinski definition) is 11. The highest BCUT2D eigenvalue weighted by Crippen LogP contribution is 2.20. The van der Waals surface area contributed by atoms with Crippen LogP contribution in [0.5, 0.6) is 0 Å². The number of aromatic amines is 1. The van der Waals surface area contributed by atoms with Gasteiger partial charge in [0.1, 0.15) is 30.2 Å². The molecule has 0 aliphatic heterocycles. The number of nitrogens with one attached hydrogen (secondary N) is 7. The van der Waals surface area contributed by atoms with Crippen LogP contribution in [-0.4, -0.2) is 111 Å².